The van der Waals surface area contributed by atoms with Crippen LogP contribution in [0.3, 0.4) is 0 Å². The summed E-state index contributed by atoms with van der Waals surface area (Å²) >= 11 is 6.94. The van der Waals surface area contributed by atoms with Gasteiger partial charge in [-0.15, -0.1) is 0 Å². The lowest BCUT2D eigenvalue weighted by atomic mass is 9.85. The molecule has 2 aromatic rings. The van der Waals surface area contributed by atoms with Gasteiger partial charge in [-0.2, -0.15) is 0 Å². The number of fused-ring (bicyclic) bond motifs is 2. The minimum Gasteiger partial charge on any atom is -0.347 e. The number of halogens is 2. The number of carbonyl (C=O) groups is 2. The van der Waals surface area contributed by atoms with Crippen LogP contribution < -0.4 is 10.6 Å². The van der Waals surface area contributed by atoms with Crippen LogP contribution in [0.25, 0.3) is 0 Å². The molecule has 148 valence electrons. The van der Waals surface area contributed by atoms with Crippen LogP contribution in [-0.4, -0.2) is 11.8 Å². The second-order valence-electron chi connectivity index (χ2n) is 8.28. The van der Waals surface area contributed by atoms with Crippen LogP contribution in [-0.2, 0) is 33.5 Å². The molecular formula is C22H24Br2N2O2. The Kier molecular flexibility index (Phi) is 5.74. The number of carbonyl (C=O) groups excluding carboxylic acids is 2. The van der Waals surface area contributed by atoms with Gasteiger partial charge >= 0.3 is 0 Å². The SMILES string of the molecule is CC1(C)NC(=O)Cc2cc(Br)ccc21.CC1(C)NC(=O)Cc2cccc(Br)c21. The summed E-state index contributed by atoms with van der Waals surface area (Å²) < 4.78 is 2.10. The molecule has 0 spiro atoms. The molecule has 28 heavy (non-hydrogen) atoms. The van der Waals surface area contributed by atoms with Crippen LogP contribution in [0.1, 0.15) is 49.9 Å². The Morgan fingerprint density at radius 1 is 0.821 bits per heavy atom. The first kappa shape index (κ1) is 21.1. The monoisotopic (exact) mass is 506 g/mol. The van der Waals surface area contributed by atoms with Crippen molar-refractivity contribution in [3.63, 3.8) is 0 Å². The van der Waals surface area contributed by atoms with E-state index < -0.39 is 0 Å². The lowest BCUT2D eigenvalue weighted by Crippen LogP contribution is -2.46. The van der Waals surface area contributed by atoms with E-state index in [1.165, 1.54) is 11.1 Å². The zero-order valence-electron chi connectivity index (χ0n) is 16.5. The maximum Gasteiger partial charge on any atom is 0.225 e. The van der Waals surface area contributed by atoms with Gasteiger partial charge in [0.2, 0.25) is 11.8 Å². The quantitative estimate of drug-likeness (QED) is 0.542. The lowest BCUT2D eigenvalue weighted by Gasteiger charge is -2.34. The first-order chi connectivity index (χ1) is 13.0. The van der Waals surface area contributed by atoms with Crippen LogP contribution in [0.2, 0.25) is 0 Å². The van der Waals surface area contributed by atoms with E-state index in [1.54, 1.807) is 0 Å². The summed E-state index contributed by atoms with van der Waals surface area (Å²) in [5, 5.41) is 5.96. The van der Waals surface area contributed by atoms with Crippen molar-refractivity contribution in [3.05, 3.63) is 67.6 Å². The summed E-state index contributed by atoms with van der Waals surface area (Å²) in [5.74, 6) is 0.196. The average molecular weight is 508 g/mol. The molecule has 2 aliphatic rings. The summed E-state index contributed by atoms with van der Waals surface area (Å²) in [6.07, 6.45) is 0.969. The van der Waals surface area contributed by atoms with Crippen LogP contribution >= 0.6 is 31.9 Å². The predicted molar refractivity (Wildman–Crippen MR) is 118 cm³/mol. The third-order valence-corrected chi connectivity index (χ3v) is 6.23. The van der Waals surface area contributed by atoms with E-state index in [0.29, 0.717) is 12.8 Å². The minimum absolute atomic E-state index is 0.0978. The van der Waals surface area contributed by atoms with Crippen molar-refractivity contribution in [3.8, 4) is 0 Å². The number of nitrogens with one attached hydrogen (secondary N) is 2. The van der Waals surface area contributed by atoms with Crippen molar-refractivity contribution in [1.29, 1.82) is 0 Å². The Balaban J connectivity index is 0.000000161. The summed E-state index contributed by atoms with van der Waals surface area (Å²) in [7, 11) is 0. The van der Waals surface area contributed by atoms with Gasteiger partial charge in [0, 0.05) is 8.95 Å². The van der Waals surface area contributed by atoms with Gasteiger partial charge in [-0.3, -0.25) is 9.59 Å². The molecular weight excluding hydrogens is 484 g/mol. The van der Waals surface area contributed by atoms with Crippen molar-refractivity contribution < 1.29 is 9.59 Å². The van der Waals surface area contributed by atoms with Gasteiger partial charge in [-0.25, -0.2) is 0 Å². The zero-order valence-corrected chi connectivity index (χ0v) is 19.6. The van der Waals surface area contributed by atoms with E-state index >= 15 is 0 Å². The van der Waals surface area contributed by atoms with Gasteiger partial charge in [-0.05, 0) is 68.1 Å². The molecule has 0 radical (unpaired) electrons. The molecule has 0 aromatic heterocycles. The third kappa shape index (κ3) is 4.33. The molecule has 2 N–H and O–H groups in total. The molecule has 0 aliphatic carbocycles. The number of benzene rings is 2. The minimum atomic E-state index is -0.273. The van der Waals surface area contributed by atoms with E-state index in [-0.39, 0.29) is 22.9 Å². The van der Waals surface area contributed by atoms with Gasteiger partial charge in [-0.1, -0.05) is 50.1 Å². The van der Waals surface area contributed by atoms with E-state index in [9.17, 15) is 9.59 Å². The average Bonchev–Trinajstić information content (AvgIpc) is 2.52. The van der Waals surface area contributed by atoms with Crippen molar-refractivity contribution in [2.75, 3.05) is 0 Å². The number of hydrogen-bond donors (Lipinski definition) is 2. The molecule has 2 amide bonds. The first-order valence-corrected chi connectivity index (χ1v) is 10.8. The molecule has 4 nitrogen and oxygen atoms in total. The molecule has 0 fully saturated rings. The first-order valence-electron chi connectivity index (χ1n) is 9.18. The van der Waals surface area contributed by atoms with Crippen LogP contribution in [0.15, 0.2) is 45.3 Å². The summed E-state index contributed by atoms with van der Waals surface area (Å²) in [4.78, 5) is 22.9. The number of rotatable bonds is 0. The Hall–Kier alpha value is -1.66. The Morgan fingerprint density at radius 2 is 1.43 bits per heavy atom. The Labute approximate surface area is 182 Å². The van der Waals surface area contributed by atoms with E-state index in [1.807, 2.05) is 58.0 Å². The lowest BCUT2D eigenvalue weighted by molar-refractivity contribution is -0.123. The summed E-state index contributed by atoms with van der Waals surface area (Å²) in [6.45, 7) is 8.09. The predicted octanol–water partition coefficient (Wildman–Crippen LogP) is 4.71. The van der Waals surface area contributed by atoms with Crippen molar-refractivity contribution in [2.24, 2.45) is 0 Å². The smallest absolute Gasteiger partial charge is 0.225 e. The van der Waals surface area contributed by atoms with Crippen LogP contribution in [0, 0.1) is 0 Å². The third-order valence-electron chi connectivity index (χ3n) is 5.07. The maximum atomic E-state index is 11.4. The van der Waals surface area contributed by atoms with Gasteiger partial charge in [0.05, 0.1) is 23.9 Å². The fraction of sp³-hybridized carbons (Fsp3) is 0.364. The van der Waals surface area contributed by atoms with E-state index in [4.69, 9.17) is 0 Å². The largest absolute Gasteiger partial charge is 0.347 e. The molecule has 0 bridgehead atoms. The van der Waals surface area contributed by atoms with Gasteiger partial charge in [0.1, 0.15) is 0 Å². The highest BCUT2D eigenvalue weighted by Crippen LogP contribution is 2.34. The van der Waals surface area contributed by atoms with Gasteiger partial charge in [0.25, 0.3) is 0 Å². The summed E-state index contributed by atoms with van der Waals surface area (Å²) in [6, 6.07) is 12.1. The van der Waals surface area contributed by atoms with E-state index in [0.717, 1.165) is 20.1 Å². The highest BCUT2D eigenvalue weighted by molar-refractivity contribution is 9.10. The molecule has 0 atom stereocenters. The number of amides is 2. The van der Waals surface area contributed by atoms with Gasteiger partial charge in [0.15, 0.2) is 0 Å². The standard InChI is InChI=1S/2C11H12BrNO/c1-11(2)9-4-3-8(12)5-7(9)6-10(14)13-11;1-11(2)10-7(6-9(14)13-11)4-3-5-8(10)12/h2*3-5H,6H2,1-2H3,(H,13,14). The molecule has 2 aromatic carbocycles. The fourth-order valence-corrected chi connectivity index (χ4v) is 5.31. The normalized spacial score (nSPS) is 18.6. The topological polar surface area (TPSA) is 58.2 Å². The van der Waals surface area contributed by atoms with E-state index in [2.05, 4.69) is 48.6 Å². The fourth-order valence-electron chi connectivity index (χ4n) is 4.00. The molecule has 0 saturated heterocycles. The van der Waals surface area contributed by atoms with Crippen molar-refractivity contribution in [1.82, 2.24) is 10.6 Å². The Morgan fingerprint density at radius 3 is 2.11 bits per heavy atom. The molecule has 2 aliphatic heterocycles. The van der Waals surface area contributed by atoms with Gasteiger partial charge < -0.3 is 10.6 Å². The summed E-state index contributed by atoms with van der Waals surface area (Å²) in [5.41, 5.74) is 4.12. The molecule has 0 saturated carbocycles. The molecule has 4 rings (SSSR count). The number of hydrogen-bond acceptors (Lipinski definition) is 2. The molecule has 6 heteroatoms. The Bertz CT molecular complexity index is 944. The van der Waals surface area contributed by atoms with Crippen molar-refractivity contribution in [2.45, 2.75) is 51.6 Å². The van der Waals surface area contributed by atoms with Crippen LogP contribution in [0.5, 0.6) is 0 Å². The zero-order chi connectivity index (χ0) is 20.7. The second kappa shape index (κ2) is 7.64. The highest BCUT2D eigenvalue weighted by Gasteiger charge is 2.32. The second-order valence-corrected chi connectivity index (χ2v) is 10.0. The highest BCUT2D eigenvalue weighted by atomic mass is 79.9. The van der Waals surface area contributed by atoms with Crippen LogP contribution in [0.4, 0.5) is 0 Å². The molecule has 2 heterocycles. The molecule has 0 unspecified atom stereocenters. The maximum absolute atomic E-state index is 11.4. The van der Waals surface area contributed by atoms with Crippen molar-refractivity contribution >= 4 is 43.7 Å².